The van der Waals surface area contributed by atoms with Crippen molar-refractivity contribution in [3.63, 3.8) is 0 Å². The van der Waals surface area contributed by atoms with Gasteiger partial charge in [0.15, 0.2) is 0 Å². The molecule has 0 bridgehead atoms. The number of nitrogens with zero attached hydrogens (tertiary/aromatic N) is 1. The molecule has 0 aliphatic heterocycles. The van der Waals surface area contributed by atoms with Crippen molar-refractivity contribution in [2.75, 3.05) is 5.32 Å². The number of carbonyl (C=O) groups is 2. The van der Waals surface area contributed by atoms with Crippen LogP contribution in [-0.4, -0.2) is 18.0 Å². The number of hydrogen-bond donors (Lipinski definition) is 2. The Morgan fingerprint density at radius 2 is 1.71 bits per heavy atom. The largest absolute Gasteiger partial charge is 0.329 e. The molecule has 0 aliphatic carbocycles. The molecular weight excluding hydrogens is 349 g/mol. The topological polar surface area (TPSA) is 70.6 Å². The Morgan fingerprint density at radius 1 is 1.04 bits per heavy atom. The minimum atomic E-state index is -0.893. The lowest BCUT2D eigenvalue weighted by Crippen LogP contribution is -2.32. The predicted molar refractivity (Wildman–Crippen MR) is 96.7 cm³/mol. The summed E-state index contributed by atoms with van der Waals surface area (Å²) in [6, 6.07) is 10.5. The summed E-state index contributed by atoms with van der Waals surface area (Å²) >= 11 is 12.0. The Kier molecular flexibility index (Phi) is 5.95. The van der Waals surface area contributed by atoms with Crippen LogP contribution in [0.25, 0.3) is 0 Å². The van der Waals surface area contributed by atoms with Gasteiger partial charge in [0, 0.05) is 11.3 Å². The standard InChI is InChI=1S/C17H15Cl2N3O2/c1-10-6-7-11(2)15(8-10)21-16(23)17(24)22-20-9-12-13(18)4-3-5-14(12)19/h3-9H,1-2H3,(H,21,23)(H,22,24)/b20-9+. The Balaban J connectivity index is 2.01. The van der Waals surface area contributed by atoms with E-state index in [9.17, 15) is 9.59 Å². The molecule has 2 rings (SSSR count). The van der Waals surface area contributed by atoms with Crippen LogP contribution in [0.2, 0.25) is 10.0 Å². The van der Waals surface area contributed by atoms with Crippen molar-refractivity contribution in [1.29, 1.82) is 0 Å². The van der Waals surface area contributed by atoms with Crippen LogP contribution >= 0.6 is 23.2 Å². The molecule has 0 saturated heterocycles. The first-order chi connectivity index (χ1) is 11.4. The minimum absolute atomic E-state index is 0.389. The fourth-order valence-corrected chi connectivity index (χ4v) is 2.38. The van der Waals surface area contributed by atoms with Crippen LogP contribution in [0, 0.1) is 13.8 Å². The van der Waals surface area contributed by atoms with Gasteiger partial charge in [0.1, 0.15) is 0 Å². The highest BCUT2D eigenvalue weighted by molar-refractivity contribution is 6.40. The van der Waals surface area contributed by atoms with Crippen LogP contribution in [0.4, 0.5) is 5.69 Å². The Bertz CT molecular complexity index is 799. The summed E-state index contributed by atoms with van der Waals surface area (Å²) in [5, 5.41) is 7.04. The molecule has 0 aliphatic rings. The van der Waals surface area contributed by atoms with Gasteiger partial charge in [0.2, 0.25) is 0 Å². The van der Waals surface area contributed by atoms with Crippen molar-refractivity contribution in [3.8, 4) is 0 Å². The second-order valence-corrected chi connectivity index (χ2v) is 5.92. The molecule has 2 aromatic carbocycles. The lowest BCUT2D eigenvalue weighted by molar-refractivity contribution is -0.136. The highest BCUT2D eigenvalue weighted by Crippen LogP contribution is 2.22. The fraction of sp³-hybridized carbons (Fsp3) is 0.118. The van der Waals surface area contributed by atoms with E-state index in [0.717, 1.165) is 11.1 Å². The van der Waals surface area contributed by atoms with Gasteiger partial charge in [0.25, 0.3) is 0 Å². The molecule has 0 heterocycles. The third-order valence-electron chi connectivity index (χ3n) is 3.21. The Morgan fingerprint density at radius 3 is 2.38 bits per heavy atom. The van der Waals surface area contributed by atoms with E-state index < -0.39 is 11.8 Å². The highest BCUT2D eigenvalue weighted by atomic mass is 35.5. The minimum Gasteiger partial charge on any atom is -0.317 e. The third kappa shape index (κ3) is 4.57. The van der Waals surface area contributed by atoms with Crippen molar-refractivity contribution in [3.05, 3.63) is 63.1 Å². The molecule has 7 heteroatoms. The first kappa shape index (κ1) is 18.0. The molecule has 24 heavy (non-hydrogen) atoms. The molecule has 2 aromatic rings. The number of benzene rings is 2. The normalized spacial score (nSPS) is 10.7. The molecule has 2 N–H and O–H groups in total. The van der Waals surface area contributed by atoms with Crippen molar-refractivity contribution >= 4 is 46.9 Å². The fourth-order valence-electron chi connectivity index (χ4n) is 1.89. The molecule has 2 amide bonds. The molecule has 0 fully saturated rings. The Hall–Kier alpha value is -2.37. The van der Waals surface area contributed by atoms with Crippen LogP contribution < -0.4 is 10.7 Å². The first-order valence-corrected chi connectivity index (χ1v) is 7.79. The third-order valence-corrected chi connectivity index (χ3v) is 3.87. The molecular formula is C17H15Cl2N3O2. The molecule has 0 aromatic heterocycles. The van der Waals surface area contributed by atoms with E-state index in [1.807, 2.05) is 26.0 Å². The van der Waals surface area contributed by atoms with Gasteiger partial charge in [-0.1, -0.05) is 41.4 Å². The van der Waals surface area contributed by atoms with Crippen LogP contribution in [0.1, 0.15) is 16.7 Å². The summed E-state index contributed by atoms with van der Waals surface area (Å²) in [5.41, 5.74) is 5.00. The zero-order chi connectivity index (χ0) is 17.7. The molecule has 0 radical (unpaired) electrons. The van der Waals surface area contributed by atoms with Gasteiger partial charge in [-0.2, -0.15) is 5.10 Å². The van der Waals surface area contributed by atoms with Crippen LogP contribution in [-0.2, 0) is 9.59 Å². The zero-order valence-corrected chi connectivity index (χ0v) is 14.6. The number of aryl methyl sites for hydroxylation is 2. The van der Waals surface area contributed by atoms with Gasteiger partial charge in [-0.15, -0.1) is 0 Å². The van der Waals surface area contributed by atoms with E-state index in [-0.39, 0.29) is 0 Å². The second-order valence-electron chi connectivity index (χ2n) is 5.11. The number of hydrazone groups is 1. The van der Waals surface area contributed by atoms with Gasteiger partial charge in [-0.25, -0.2) is 5.43 Å². The SMILES string of the molecule is Cc1ccc(C)c(NC(=O)C(=O)N/N=C/c2c(Cl)cccc2Cl)c1. The van der Waals surface area contributed by atoms with Crippen molar-refractivity contribution in [2.45, 2.75) is 13.8 Å². The Labute approximate surface area is 149 Å². The number of hydrogen-bond acceptors (Lipinski definition) is 3. The van der Waals surface area contributed by atoms with E-state index >= 15 is 0 Å². The highest BCUT2D eigenvalue weighted by Gasteiger charge is 2.14. The first-order valence-electron chi connectivity index (χ1n) is 7.04. The summed E-state index contributed by atoms with van der Waals surface area (Å²) in [7, 11) is 0. The maximum Gasteiger partial charge on any atom is 0.329 e. The lowest BCUT2D eigenvalue weighted by atomic mass is 10.1. The molecule has 0 saturated carbocycles. The van der Waals surface area contributed by atoms with Gasteiger partial charge in [-0.3, -0.25) is 9.59 Å². The summed E-state index contributed by atoms with van der Waals surface area (Å²) in [6.07, 6.45) is 1.29. The molecule has 5 nitrogen and oxygen atoms in total. The molecule has 0 atom stereocenters. The van der Waals surface area contributed by atoms with Gasteiger partial charge in [0.05, 0.1) is 16.3 Å². The molecule has 124 valence electrons. The van der Waals surface area contributed by atoms with E-state index in [1.165, 1.54) is 6.21 Å². The number of anilines is 1. The maximum absolute atomic E-state index is 11.9. The van der Waals surface area contributed by atoms with Gasteiger partial charge in [-0.05, 0) is 43.2 Å². The van der Waals surface area contributed by atoms with E-state index in [0.29, 0.717) is 21.3 Å². The quantitative estimate of drug-likeness (QED) is 0.495. The summed E-state index contributed by atoms with van der Waals surface area (Å²) in [4.78, 5) is 23.7. The van der Waals surface area contributed by atoms with Gasteiger partial charge >= 0.3 is 11.8 Å². The summed E-state index contributed by atoms with van der Waals surface area (Å²) in [5.74, 6) is -1.71. The van der Waals surface area contributed by atoms with E-state index in [4.69, 9.17) is 23.2 Å². The second kappa shape index (κ2) is 7.95. The lowest BCUT2D eigenvalue weighted by Gasteiger charge is -2.08. The predicted octanol–water partition coefficient (Wildman–Crippen LogP) is 3.70. The average Bonchev–Trinajstić information content (AvgIpc) is 2.53. The zero-order valence-electron chi connectivity index (χ0n) is 13.1. The van der Waals surface area contributed by atoms with Crippen molar-refractivity contribution < 1.29 is 9.59 Å². The van der Waals surface area contributed by atoms with E-state index in [2.05, 4.69) is 15.8 Å². The summed E-state index contributed by atoms with van der Waals surface area (Å²) < 4.78 is 0. The van der Waals surface area contributed by atoms with E-state index in [1.54, 1.807) is 24.3 Å². The van der Waals surface area contributed by atoms with Crippen LogP contribution in [0.5, 0.6) is 0 Å². The number of carbonyl (C=O) groups excluding carboxylic acids is 2. The number of nitrogens with one attached hydrogen (secondary N) is 2. The van der Waals surface area contributed by atoms with Crippen molar-refractivity contribution in [2.24, 2.45) is 5.10 Å². The van der Waals surface area contributed by atoms with Crippen molar-refractivity contribution in [1.82, 2.24) is 5.43 Å². The smallest absolute Gasteiger partial charge is 0.317 e. The molecule has 0 spiro atoms. The van der Waals surface area contributed by atoms with Crippen LogP contribution in [0.15, 0.2) is 41.5 Å². The van der Waals surface area contributed by atoms with Crippen LogP contribution in [0.3, 0.4) is 0 Å². The number of amides is 2. The summed E-state index contributed by atoms with van der Waals surface area (Å²) in [6.45, 7) is 3.73. The number of halogens is 2. The molecule has 0 unspecified atom stereocenters. The average molecular weight is 364 g/mol. The van der Waals surface area contributed by atoms with Gasteiger partial charge < -0.3 is 5.32 Å². The maximum atomic E-state index is 11.9. The number of rotatable bonds is 3. The monoisotopic (exact) mass is 363 g/mol.